The van der Waals surface area contributed by atoms with Gasteiger partial charge in [0.1, 0.15) is 5.82 Å². The first-order valence-corrected chi connectivity index (χ1v) is 5.57. The number of aromatic nitrogens is 2. The first-order chi connectivity index (χ1) is 6.61. The molecule has 0 saturated heterocycles. The van der Waals surface area contributed by atoms with Crippen LogP contribution in [0.1, 0.15) is 26.1 Å². The van der Waals surface area contributed by atoms with Crippen molar-refractivity contribution >= 4 is 16.7 Å². The maximum absolute atomic E-state index is 9.14. The van der Waals surface area contributed by atoms with Crippen molar-refractivity contribution in [2.24, 2.45) is 5.92 Å². The van der Waals surface area contributed by atoms with Gasteiger partial charge in [-0.05, 0) is 19.3 Å². The van der Waals surface area contributed by atoms with E-state index >= 15 is 0 Å². The molecule has 0 aliphatic heterocycles. The molecule has 2 N–H and O–H groups in total. The second kappa shape index (κ2) is 5.26. The molecule has 14 heavy (non-hydrogen) atoms. The van der Waals surface area contributed by atoms with Gasteiger partial charge in [0.05, 0.1) is 12.6 Å². The van der Waals surface area contributed by atoms with E-state index in [0.717, 1.165) is 17.4 Å². The molecule has 0 radical (unpaired) electrons. The molecule has 0 aromatic carbocycles. The van der Waals surface area contributed by atoms with Gasteiger partial charge in [-0.15, -0.1) is 0 Å². The summed E-state index contributed by atoms with van der Waals surface area (Å²) in [6.07, 6.45) is 0.940. The molecule has 1 aromatic rings. The molecule has 0 bridgehead atoms. The van der Waals surface area contributed by atoms with Crippen molar-refractivity contribution in [2.75, 3.05) is 11.9 Å². The largest absolute Gasteiger partial charge is 0.394 e. The van der Waals surface area contributed by atoms with Crippen LogP contribution in [0.3, 0.4) is 0 Å². The molecule has 1 unspecified atom stereocenters. The molecule has 0 saturated carbocycles. The van der Waals surface area contributed by atoms with Gasteiger partial charge in [-0.2, -0.15) is 4.37 Å². The van der Waals surface area contributed by atoms with Crippen LogP contribution in [-0.4, -0.2) is 27.1 Å². The fourth-order valence-electron chi connectivity index (χ4n) is 1.28. The average molecular weight is 215 g/mol. The molecule has 0 spiro atoms. The van der Waals surface area contributed by atoms with E-state index in [1.54, 1.807) is 0 Å². The van der Waals surface area contributed by atoms with Crippen molar-refractivity contribution in [3.8, 4) is 0 Å². The molecule has 0 aliphatic rings. The lowest BCUT2D eigenvalue weighted by atomic mass is 10.0. The van der Waals surface area contributed by atoms with Gasteiger partial charge >= 0.3 is 0 Å². The Morgan fingerprint density at radius 2 is 2.21 bits per heavy atom. The summed E-state index contributed by atoms with van der Waals surface area (Å²) in [5, 5.41) is 13.1. The number of hydrogen-bond donors (Lipinski definition) is 2. The van der Waals surface area contributed by atoms with E-state index in [2.05, 4.69) is 28.5 Å². The maximum atomic E-state index is 9.14. The lowest BCUT2D eigenvalue weighted by Crippen LogP contribution is -2.25. The smallest absolute Gasteiger partial charge is 0.202 e. The summed E-state index contributed by atoms with van der Waals surface area (Å²) in [4.78, 5) is 4.19. The quantitative estimate of drug-likeness (QED) is 0.784. The van der Waals surface area contributed by atoms with E-state index in [4.69, 9.17) is 5.11 Å². The molecule has 1 atom stereocenters. The van der Waals surface area contributed by atoms with Crippen molar-refractivity contribution in [3.05, 3.63) is 5.82 Å². The van der Waals surface area contributed by atoms with Crippen molar-refractivity contribution in [2.45, 2.75) is 33.2 Å². The fourth-order valence-corrected chi connectivity index (χ4v) is 1.93. The Morgan fingerprint density at radius 1 is 1.50 bits per heavy atom. The Hall–Kier alpha value is -0.680. The summed E-state index contributed by atoms with van der Waals surface area (Å²) in [5.41, 5.74) is 0. The highest BCUT2D eigenvalue weighted by Crippen LogP contribution is 2.14. The van der Waals surface area contributed by atoms with Crippen LogP contribution in [0.4, 0.5) is 5.13 Å². The Kier molecular flexibility index (Phi) is 4.28. The number of nitrogens with zero attached hydrogens (tertiary/aromatic N) is 2. The molecule has 0 amide bonds. The van der Waals surface area contributed by atoms with Gasteiger partial charge in [-0.3, -0.25) is 0 Å². The standard InChI is InChI=1S/C9H17N3OS/c1-6(2)4-8(5-13)11-9-10-7(3)12-14-9/h6,8,13H,4-5H2,1-3H3,(H,10,11,12). The first kappa shape index (κ1) is 11.4. The average Bonchev–Trinajstić information content (AvgIpc) is 2.49. The zero-order valence-electron chi connectivity index (χ0n) is 8.82. The zero-order valence-corrected chi connectivity index (χ0v) is 9.64. The second-order valence-corrected chi connectivity index (χ2v) is 4.55. The minimum atomic E-state index is 0.0855. The van der Waals surface area contributed by atoms with Crippen molar-refractivity contribution < 1.29 is 5.11 Å². The van der Waals surface area contributed by atoms with Crippen LogP contribution in [0.2, 0.25) is 0 Å². The van der Waals surface area contributed by atoms with Crippen LogP contribution < -0.4 is 5.32 Å². The minimum absolute atomic E-state index is 0.0855. The lowest BCUT2D eigenvalue weighted by molar-refractivity contribution is 0.259. The summed E-state index contributed by atoms with van der Waals surface area (Å²) in [5.74, 6) is 1.34. The second-order valence-electron chi connectivity index (χ2n) is 3.80. The molecule has 5 heteroatoms. The molecule has 1 heterocycles. The molecular weight excluding hydrogens is 198 g/mol. The van der Waals surface area contributed by atoms with Crippen LogP contribution in [0.15, 0.2) is 0 Å². The molecule has 1 aromatic heterocycles. The van der Waals surface area contributed by atoms with Gasteiger partial charge in [0.25, 0.3) is 0 Å². The summed E-state index contributed by atoms with van der Waals surface area (Å²) in [6.45, 7) is 6.26. The third-order valence-corrected chi connectivity index (χ3v) is 2.57. The number of anilines is 1. The maximum Gasteiger partial charge on any atom is 0.202 e. The zero-order chi connectivity index (χ0) is 10.6. The number of aliphatic hydroxyl groups is 1. The Morgan fingerprint density at radius 3 is 2.64 bits per heavy atom. The third-order valence-electron chi connectivity index (χ3n) is 1.83. The summed E-state index contributed by atoms with van der Waals surface area (Å²) in [6, 6.07) is 0.0855. The van der Waals surface area contributed by atoms with Gasteiger partial charge in [-0.25, -0.2) is 4.98 Å². The predicted octanol–water partition coefficient (Wildman–Crippen LogP) is 1.67. The summed E-state index contributed by atoms with van der Waals surface area (Å²) >= 11 is 1.34. The minimum Gasteiger partial charge on any atom is -0.394 e. The molecule has 0 fully saturated rings. The van der Waals surface area contributed by atoms with Gasteiger partial charge in [0, 0.05) is 11.5 Å². The highest BCUT2D eigenvalue weighted by molar-refractivity contribution is 7.09. The topological polar surface area (TPSA) is 58.0 Å². The number of aliphatic hydroxyl groups excluding tert-OH is 1. The van der Waals surface area contributed by atoms with E-state index in [9.17, 15) is 0 Å². The van der Waals surface area contributed by atoms with E-state index in [-0.39, 0.29) is 12.6 Å². The van der Waals surface area contributed by atoms with Crippen LogP contribution in [0.5, 0.6) is 0 Å². The predicted molar refractivity (Wildman–Crippen MR) is 58.6 cm³/mol. The molecule has 1 rings (SSSR count). The molecule has 80 valence electrons. The third kappa shape index (κ3) is 3.59. The van der Waals surface area contributed by atoms with Gasteiger partial charge < -0.3 is 10.4 Å². The van der Waals surface area contributed by atoms with Crippen LogP contribution in [0, 0.1) is 12.8 Å². The lowest BCUT2D eigenvalue weighted by Gasteiger charge is -2.16. The first-order valence-electron chi connectivity index (χ1n) is 4.79. The van der Waals surface area contributed by atoms with E-state index in [0.29, 0.717) is 5.92 Å². The van der Waals surface area contributed by atoms with Gasteiger partial charge in [0.15, 0.2) is 0 Å². The van der Waals surface area contributed by atoms with Crippen molar-refractivity contribution in [1.82, 2.24) is 9.36 Å². The SMILES string of the molecule is Cc1nsc(NC(CO)CC(C)C)n1. The van der Waals surface area contributed by atoms with E-state index in [1.807, 2.05) is 6.92 Å². The Balaban J connectivity index is 2.48. The molecule has 4 nitrogen and oxygen atoms in total. The molecule has 0 aliphatic carbocycles. The van der Waals surface area contributed by atoms with Crippen molar-refractivity contribution in [1.29, 1.82) is 0 Å². The highest BCUT2D eigenvalue weighted by atomic mass is 32.1. The molecular formula is C9H17N3OS. The van der Waals surface area contributed by atoms with Gasteiger partial charge in [0.2, 0.25) is 5.13 Å². The van der Waals surface area contributed by atoms with Crippen LogP contribution in [-0.2, 0) is 0 Å². The normalized spacial score (nSPS) is 13.2. The number of aryl methyl sites for hydroxylation is 1. The Bertz CT molecular complexity index is 275. The number of hydrogen-bond acceptors (Lipinski definition) is 5. The number of nitrogens with one attached hydrogen (secondary N) is 1. The summed E-state index contributed by atoms with van der Waals surface area (Å²) < 4.78 is 4.07. The van der Waals surface area contributed by atoms with Gasteiger partial charge in [-0.1, -0.05) is 13.8 Å². The van der Waals surface area contributed by atoms with Crippen LogP contribution in [0.25, 0.3) is 0 Å². The van der Waals surface area contributed by atoms with E-state index in [1.165, 1.54) is 11.5 Å². The Labute approximate surface area is 88.6 Å². The monoisotopic (exact) mass is 215 g/mol. The highest BCUT2D eigenvalue weighted by Gasteiger charge is 2.11. The summed E-state index contributed by atoms with van der Waals surface area (Å²) in [7, 11) is 0. The fraction of sp³-hybridized carbons (Fsp3) is 0.778. The number of rotatable bonds is 5. The van der Waals surface area contributed by atoms with Crippen LogP contribution >= 0.6 is 11.5 Å². The van der Waals surface area contributed by atoms with E-state index < -0.39 is 0 Å². The van der Waals surface area contributed by atoms with Crippen molar-refractivity contribution in [3.63, 3.8) is 0 Å².